The number of aryl methyl sites for hydroxylation is 2. The molecule has 1 aromatic rings. The van der Waals surface area contributed by atoms with Gasteiger partial charge in [-0.1, -0.05) is 24.5 Å². The van der Waals surface area contributed by atoms with Crippen LogP contribution in [0, 0.1) is 12.8 Å². The van der Waals surface area contributed by atoms with Crippen molar-refractivity contribution in [2.24, 2.45) is 5.92 Å². The molecular formula is C21H34BN3. The van der Waals surface area contributed by atoms with Crippen LogP contribution < -0.4 is 0 Å². The van der Waals surface area contributed by atoms with E-state index in [0.717, 1.165) is 19.0 Å². The minimum absolute atomic E-state index is 0.608. The molecule has 0 spiro atoms. The third-order valence-electron chi connectivity index (χ3n) is 5.95. The predicted octanol–water partition coefficient (Wildman–Crippen LogP) is 2.17. The Morgan fingerprint density at radius 3 is 2.60 bits per heavy atom. The fraction of sp³-hybridized carbons (Fsp3) is 0.619. The Kier molecular flexibility index (Phi) is 5.78. The lowest BCUT2D eigenvalue weighted by atomic mass is 9.88. The molecule has 0 N–H and O–H groups in total. The molecule has 0 bridgehead atoms. The number of rotatable bonds is 6. The quantitative estimate of drug-likeness (QED) is 0.736. The van der Waals surface area contributed by atoms with Crippen molar-refractivity contribution in [2.45, 2.75) is 39.1 Å². The second-order valence-corrected chi connectivity index (χ2v) is 8.29. The molecular weight excluding hydrogens is 305 g/mol. The van der Waals surface area contributed by atoms with Crippen LogP contribution in [-0.2, 0) is 12.8 Å². The summed E-state index contributed by atoms with van der Waals surface area (Å²) in [6, 6.07) is 7.71. The lowest BCUT2D eigenvalue weighted by Crippen LogP contribution is -2.51. The average Bonchev–Trinajstić information content (AvgIpc) is 2.52. The molecule has 3 nitrogen and oxygen atoms in total. The van der Waals surface area contributed by atoms with E-state index in [1.807, 2.05) is 0 Å². The van der Waals surface area contributed by atoms with Crippen LogP contribution in [0.5, 0.6) is 0 Å². The van der Waals surface area contributed by atoms with E-state index in [-0.39, 0.29) is 0 Å². The Balaban J connectivity index is 1.49. The maximum atomic E-state index is 2.59. The Hall–Kier alpha value is -1.42. The maximum Gasteiger partial charge on any atom is 0.101 e. The topological polar surface area (TPSA) is 9.72 Å². The van der Waals surface area contributed by atoms with Gasteiger partial charge in [0.1, 0.15) is 7.85 Å². The highest BCUT2D eigenvalue weighted by Crippen LogP contribution is 2.25. The van der Waals surface area contributed by atoms with Crippen LogP contribution in [0.15, 0.2) is 30.1 Å². The van der Waals surface area contributed by atoms with Gasteiger partial charge >= 0.3 is 0 Å². The summed E-state index contributed by atoms with van der Waals surface area (Å²) in [5.74, 6) is 0.821. The van der Waals surface area contributed by atoms with Crippen molar-refractivity contribution < 1.29 is 0 Å². The van der Waals surface area contributed by atoms with Crippen LogP contribution in [0.2, 0.25) is 6.32 Å². The van der Waals surface area contributed by atoms with E-state index in [1.165, 1.54) is 49.1 Å². The van der Waals surface area contributed by atoms with Gasteiger partial charge in [-0.25, -0.2) is 0 Å². The van der Waals surface area contributed by atoms with Crippen LogP contribution in [0.1, 0.15) is 23.6 Å². The highest BCUT2D eigenvalue weighted by molar-refractivity contribution is 6.08. The smallest absolute Gasteiger partial charge is 0.101 e. The molecule has 1 saturated heterocycles. The number of likely N-dealkylation sites (tertiary alicyclic amines) is 1. The lowest BCUT2D eigenvalue weighted by molar-refractivity contribution is 0.0965. The lowest BCUT2D eigenvalue weighted by Gasteiger charge is -2.44. The van der Waals surface area contributed by atoms with Gasteiger partial charge in [0, 0.05) is 58.2 Å². The molecule has 2 aliphatic heterocycles. The second kappa shape index (κ2) is 7.86. The second-order valence-electron chi connectivity index (χ2n) is 8.29. The van der Waals surface area contributed by atoms with Gasteiger partial charge < -0.3 is 9.80 Å². The summed E-state index contributed by atoms with van der Waals surface area (Å²) in [6.45, 7) is 9.27. The van der Waals surface area contributed by atoms with Crippen molar-refractivity contribution in [2.75, 3.05) is 40.3 Å². The first-order valence-electron chi connectivity index (χ1n) is 9.90. The molecule has 1 fully saturated rings. The van der Waals surface area contributed by atoms with Crippen molar-refractivity contribution in [3.63, 3.8) is 0 Å². The van der Waals surface area contributed by atoms with Gasteiger partial charge in [-0.15, -0.1) is 0 Å². The fourth-order valence-corrected chi connectivity index (χ4v) is 4.17. The molecule has 2 heterocycles. The summed E-state index contributed by atoms with van der Waals surface area (Å²) >= 11 is 0. The number of hydrogen-bond donors (Lipinski definition) is 0. The third-order valence-corrected chi connectivity index (χ3v) is 5.95. The summed E-state index contributed by atoms with van der Waals surface area (Å²) in [4.78, 5) is 7.38. The summed E-state index contributed by atoms with van der Waals surface area (Å²) in [7, 11) is 6.68. The zero-order chi connectivity index (χ0) is 18.0. The maximum absolute atomic E-state index is 2.59. The average molecular weight is 339 g/mol. The number of likely N-dealkylation sites (N-methyl/N-ethyl adjacent to an activating group) is 2. The summed E-state index contributed by atoms with van der Waals surface area (Å²) in [5.41, 5.74) is 5.98. The van der Waals surface area contributed by atoms with E-state index in [0.29, 0.717) is 6.04 Å². The largest absolute Gasteiger partial charge is 0.375 e. The van der Waals surface area contributed by atoms with E-state index in [1.54, 1.807) is 5.56 Å². The molecule has 2 aliphatic rings. The molecule has 0 aromatic heterocycles. The van der Waals surface area contributed by atoms with E-state index >= 15 is 0 Å². The van der Waals surface area contributed by atoms with E-state index in [4.69, 9.17) is 0 Å². The van der Waals surface area contributed by atoms with Crippen LogP contribution in [0.3, 0.4) is 0 Å². The molecule has 1 atom stereocenters. The van der Waals surface area contributed by atoms with Crippen LogP contribution in [0.4, 0.5) is 0 Å². The Bertz CT molecular complexity index is 622. The van der Waals surface area contributed by atoms with Gasteiger partial charge in [0.2, 0.25) is 0 Å². The molecule has 0 saturated carbocycles. The molecule has 25 heavy (non-hydrogen) atoms. The van der Waals surface area contributed by atoms with E-state index in [2.05, 4.69) is 74.9 Å². The summed E-state index contributed by atoms with van der Waals surface area (Å²) in [5, 5.41) is 0. The van der Waals surface area contributed by atoms with Crippen LogP contribution in [-0.4, -0.2) is 68.9 Å². The van der Waals surface area contributed by atoms with Gasteiger partial charge in [-0.3, -0.25) is 4.90 Å². The summed E-state index contributed by atoms with van der Waals surface area (Å²) in [6.07, 6.45) is 6.00. The first kappa shape index (κ1) is 18.4. The standard InChI is InChI=1S/C21H34BN3/c1-16-9-18(7-8-22)5-6-20(16)10-19-12-25(13-19)15-21-14-23(3)17(2)11-24(21)4/h5-6,9,14,17,19H,7-8,10-13,15,22H2,1-4H3. The van der Waals surface area contributed by atoms with Crippen LogP contribution >= 0.6 is 0 Å². The molecule has 0 amide bonds. The van der Waals surface area contributed by atoms with Crippen molar-refractivity contribution in [3.05, 3.63) is 46.8 Å². The molecule has 0 aliphatic carbocycles. The van der Waals surface area contributed by atoms with Crippen molar-refractivity contribution in [1.82, 2.24) is 14.7 Å². The van der Waals surface area contributed by atoms with Crippen molar-refractivity contribution in [1.29, 1.82) is 0 Å². The number of benzene rings is 1. The summed E-state index contributed by atoms with van der Waals surface area (Å²) < 4.78 is 0. The monoisotopic (exact) mass is 339 g/mol. The van der Waals surface area contributed by atoms with Crippen LogP contribution in [0.25, 0.3) is 0 Å². The van der Waals surface area contributed by atoms with Crippen molar-refractivity contribution in [3.8, 4) is 0 Å². The fourth-order valence-electron chi connectivity index (χ4n) is 4.17. The van der Waals surface area contributed by atoms with Crippen molar-refractivity contribution >= 4 is 7.85 Å². The number of nitrogens with zero attached hydrogens (tertiary/aromatic N) is 3. The third kappa shape index (κ3) is 4.41. The highest BCUT2D eigenvalue weighted by atomic mass is 15.3. The Morgan fingerprint density at radius 2 is 1.92 bits per heavy atom. The molecule has 1 unspecified atom stereocenters. The van der Waals surface area contributed by atoms with Gasteiger partial charge in [0.05, 0.1) is 0 Å². The first-order valence-corrected chi connectivity index (χ1v) is 9.90. The van der Waals surface area contributed by atoms with E-state index in [9.17, 15) is 0 Å². The van der Waals surface area contributed by atoms with Gasteiger partial charge in [-0.05, 0) is 49.3 Å². The Morgan fingerprint density at radius 1 is 1.16 bits per heavy atom. The Labute approximate surface area is 155 Å². The minimum atomic E-state index is 0.608. The SMILES string of the molecule is BCCc1ccc(CC2CN(CC3=CN(C)C(C)CN3C)C2)c(C)c1. The van der Waals surface area contributed by atoms with Gasteiger partial charge in [0.15, 0.2) is 0 Å². The molecule has 0 radical (unpaired) electrons. The normalized spacial score (nSPS) is 22.1. The molecule has 3 rings (SSSR count). The predicted molar refractivity (Wildman–Crippen MR) is 110 cm³/mol. The minimum Gasteiger partial charge on any atom is -0.375 e. The van der Waals surface area contributed by atoms with Gasteiger partial charge in [-0.2, -0.15) is 0 Å². The van der Waals surface area contributed by atoms with Gasteiger partial charge in [0.25, 0.3) is 0 Å². The zero-order valence-corrected chi connectivity index (χ0v) is 16.8. The highest BCUT2D eigenvalue weighted by Gasteiger charge is 2.29. The molecule has 1 aromatic carbocycles. The first-order chi connectivity index (χ1) is 12.0. The zero-order valence-electron chi connectivity index (χ0n) is 16.8. The molecule has 4 heteroatoms. The number of hydrogen-bond acceptors (Lipinski definition) is 3. The molecule has 136 valence electrons. The van der Waals surface area contributed by atoms with E-state index < -0.39 is 0 Å².